The van der Waals surface area contributed by atoms with Crippen molar-refractivity contribution in [3.63, 3.8) is 0 Å². The molecule has 11 nitrogen and oxygen atoms in total. The Bertz CT molecular complexity index is 605. The Balaban J connectivity index is 2.23. The summed E-state index contributed by atoms with van der Waals surface area (Å²) in [7, 11) is 3.31. The van der Waals surface area contributed by atoms with Crippen LogP contribution in [0.15, 0.2) is 23.1 Å². The maximum atomic E-state index is 10.6. The maximum absolute atomic E-state index is 10.6. The molecular weight excluding hydrogens is 242 g/mol. The number of hydrogen-bond acceptors (Lipinski definition) is 6. The molecule has 18 heavy (non-hydrogen) atoms. The first kappa shape index (κ1) is 11.8. The first-order valence-electron chi connectivity index (χ1n) is 4.91. The van der Waals surface area contributed by atoms with Crippen LogP contribution in [0.2, 0.25) is 0 Å². The van der Waals surface area contributed by atoms with Crippen LogP contribution < -0.4 is 9.13 Å². The molecule has 0 radical (unpaired) electrons. The van der Waals surface area contributed by atoms with Gasteiger partial charge in [-0.15, -0.1) is 4.57 Å². The van der Waals surface area contributed by atoms with E-state index < -0.39 is 4.92 Å². The molecule has 0 N–H and O–H groups in total. The van der Waals surface area contributed by atoms with Gasteiger partial charge in [-0.25, -0.2) is 4.57 Å². The third kappa shape index (κ3) is 2.18. The number of rotatable bonds is 3. The zero-order chi connectivity index (χ0) is 13.3. The van der Waals surface area contributed by atoms with Gasteiger partial charge in [-0.1, -0.05) is 0 Å². The highest BCUT2D eigenvalue weighted by Gasteiger charge is 2.26. The van der Waals surface area contributed by atoms with Crippen LogP contribution >= 0.6 is 0 Å². The fourth-order valence-corrected chi connectivity index (χ4v) is 1.21. The lowest BCUT2D eigenvalue weighted by molar-refractivity contribution is -0.716. The topological polar surface area (TPSA) is 111 Å². The highest BCUT2D eigenvalue weighted by atomic mass is 16.6. The Morgan fingerprint density at radius 2 is 1.78 bits per heavy atom. The van der Waals surface area contributed by atoms with Gasteiger partial charge in [-0.3, -0.25) is 0 Å². The van der Waals surface area contributed by atoms with Gasteiger partial charge >= 0.3 is 12.3 Å². The van der Waals surface area contributed by atoms with Gasteiger partial charge in [0, 0.05) is 16.6 Å². The molecule has 2 aromatic heterocycles. The molecular formula is C7H11N9O2+2. The Hall–Kier alpha value is -2.72. The summed E-state index contributed by atoms with van der Waals surface area (Å²) in [6, 6.07) is 0. The zero-order valence-corrected chi connectivity index (χ0v) is 10.00. The molecule has 0 bridgehead atoms. The second-order valence-electron chi connectivity index (χ2n) is 3.58. The molecule has 94 valence electrons. The van der Waals surface area contributed by atoms with E-state index in [-0.39, 0.29) is 5.95 Å². The van der Waals surface area contributed by atoms with Crippen molar-refractivity contribution in [2.45, 2.75) is 6.92 Å². The molecule has 0 aliphatic rings. The van der Waals surface area contributed by atoms with E-state index in [0.29, 0.717) is 0 Å². The lowest BCUT2D eigenvalue weighted by Crippen LogP contribution is -2.28. The standard InChI is InChI=1S/C7H11N9O2/c1-6-8-14(4-12(6)2)10-11-15-5-13(3)7(9-15)16(17)18/h4-5H,1-3H3/q+2/b11-10+. The summed E-state index contributed by atoms with van der Waals surface area (Å²) in [4.78, 5) is 12.2. The predicted octanol–water partition coefficient (Wildman–Crippen LogP) is -1.38. The van der Waals surface area contributed by atoms with E-state index >= 15 is 0 Å². The van der Waals surface area contributed by atoms with E-state index in [1.54, 1.807) is 10.9 Å². The number of nitrogens with zero attached hydrogens (tertiary/aromatic N) is 9. The van der Waals surface area contributed by atoms with Crippen LogP contribution in [-0.2, 0) is 14.1 Å². The van der Waals surface area contributed by atoms with Gasteiger partial charge in [0.05, 0.1) is 24.4 Å². The molecule has 0 unspecified atom stereocenters. The van der Waals surface area contributed by atoms with Crippen LogP contribution in [0, 0.1) is 17.0 Å². The zero-order valence-electron chi connectivity index (χ0n) is 10.00. The summed E-state index contributed by atoms with van der Waals surface area (Å²) < 4.78 is 2.98. The van der Waals surface area contributed by atoms with Crippen molar-refractivity contribution >= 4 is 5.95 Å². The fourth-order valence-electron chi connectivity index (χ4n) is 1.21. The van der Waals surface area contributed by atoms with Crippen molar-refractivity contribution in [1.29, 1.82) is 0 Å². The molecule has 11 heteroatoms. The van der Waals surface area contributed by atoms with Crippen molar-refractivity contribution in [3.8, 4) is 0 Å². The molecule has 0 atom stereocenters. The summed E-state index contributed by atoms with van der Waals surface area (Å²) in [6.45, 7) is 1.81. The van der Waals surface area contributed by atoms with Gasteiger partial charge in [0.2, 0.25) is 5.10 Å². The lowest BCUT2D eigenvalue weighted by Gasteiger charge is -1.81. The van der Waals surface area contributed by atoms with E-state index in [2.05, 4.69) is 20.6 Å². The highest BCUT2D eigenvalue weighted by Crippen LogP contribution is 1.96. The van der Waals surface area contributed by atoms with Crippen LogP contribution in [-0.4, -0.2) is 24.7 Å². The van der Waals surface area contributed by atoms with Crippen molar-refractivity contribution in [2.24, 2.45) is 24.5 Å². The van der Waals surface area contributed by atoms with E-state index in [1.807, 2.05) is 14.0 Å². The summed E-state index contributed by atoms with van der Waals surface area (Å²) in [5, 5.41) is 25.7. The van der Waals surface area contributed by atoms with Crippen LogP contribution in [0.5, 0.6) is 0 Å². The lowest BCUT2D eigenvalue weighted by atomic mass is 10.7. The Morgan fingerprint density at radius 1 is 1.22 bits per heavy atom. The van der Waals surface area contributed by atoms with Crippen molar-refractivity contribution in [1.82, 2.24) is 19.8 Å². The van der Waals surface area contributed by atoms with Crippen LogP contribution in [0.3, 0.4) is 0 Å². The minimum atomic E-state index is -0.607. The minimum absolute atomic E-state index is 0.323. The molecule has 2 aromatic rings. The van der Waals surface area contributed by atoms with Gasteiger partial charge in [0.1, 0.15) is 10.0 Å². The van der Waals surface area contributed by atoms with Crippen molar-refractivity contribution in [3.05, 3.63) is 28.6 Å². The monoisotopic (exact) mass is 253 g/mol. The number of hydrogen-bond donors (Lipinski definition) is 0. The minimum Gasteiger partial charge on any atom is -0.355 e. The molecule has 0 saturated heterocycles. The Kier molecular flexibility index (Phi) is 2.79. The molecule has 0 aliphatic carbocycles. The van der Waals surface area contributed by atoms with Gasteiger partial charge in [0.15, 0.2) is 0 Å². The van der Waals surface area contributed by atoms with E-state index in [1.165, 1.54) is 22.7 Å². The maximum Gasteiger partial charge on any atom is 0.580 e. The second-order valence-corrected chi connectivity index (χ2v) is 3.58. The first-order valence-corrected chi connectivity index (χ1v) is 4.91. The molecule has 0 amide bonds. The molecule has 0 aliphatic heterocycles. The summed E-state index contributed by atoms with van der Waals surface area (Å²) in [5.41, 5.74) is 0. The van der Waals surface area contributed by atoms with Gasteiger partial charge in [0.25, 0.3) is 12.2 Å². The van der Waals surface area contributed by atoms with Gasteiger partial charge < -0.3 is 10.1 Å². The van der Waals surface area contributed by atoms with Crippen LogP contribution in [0.4, 0.5) is 5.95 Å². The normalized spacial score (nSPS) is 11.3. The smallest absolute Gasteiger partial charge is 0.355 e. The third-order valence-electron chi connectivity index (χ3n) is 2.20. The molecule has 2 rings (SSSR count). The van der Waals surface area contributed by atoms with Crippen LogP contribution in [0.1, 0.15) is 5.82 Å². The van der Waals surface area contributed by atoms with Gasteiger partial charge in [-0.05, 0) is 0 Å². The SMILES string of the molecule is Cc1nn(/N=N/n2c[n+](C)c([N+](=O)[O-])n2)c[n+]1C. The highest BCUT2D eigenvalue weighted by molar-refractivity contribution is 4.85. The van der Waals surface area contributed by atoms with E-state index in [0.717, 1.165) is 10.6 Å². The fraction of sp³-hybridized carbons (Fsp3) is 0.429. The average Bonchev–Trinajstić information content (AvgIpc) is 2.80. The summed E-state index contributed by atoms with van der Waals surface area (Å²) in [6.07, 6.45) is 2.94. The molecule has 2 heterocycles. The Labute approximate surface area is 101 Å². The largest absolute Gasteiger partial charge is 0.580 e. The number of aryl methyl sites for hydroxylation is 3. The summed E-state index contributed by atoms with van der Waals surface area (Å²) >= 11 is 0. The van der Waals surface area contributed by atoms with E-state index in [9.17, 15) is 10.1 Å². The summed E-state index contributed by atoms with van der Waals surface area (Å²) in [5.74, 6) is 0.433. The molecule has 0 aromatic carbocycles. The average molecular weight is 253 g/mol. The Morgan fingerprint density at radius 3 is 2.22 bits per heavy atom. The number of aromatic nitrogens is 6. The molecule has 0 fully saturated rings. The first-order chi connectivity index (χ1) is 8.47. The van der Waals surface area contributed by atoms with Crippen molar-refractivity contribution < 1.29 is 14.1 Å². The molecule has 0 spiro atoms. The second kappa shape index (κ2) is 4.27. The van der Waals surface area contributed by atoms with Crippen LogP contribution in [0.25, 0.3) is 0 Å². The predicted molar refractivity (Wildman–Crippen MR) is 53.8 cm³/mol. The number of nitro groups is 1. The quantitative estimate of drug-likeness (QED) is 0.290. The van der Waals surface area contributed by atoms with Gasteiger partial charge in [-0.2, -0.15) is 0 Å². The van der Waals surface area contributed by atoms with E-state index in [4.69, 9.17) is 0 Å². The third-order valence-corrected chi connectivity index (χ3v) is 2.20. The van der Waals surface area contributed by atoms with Crippen molar-refractivity contribution in [2.75, 3.05) is 0 Å². The molecule has 0 saturated carbocycles.